The number of fused-ring (bicyclic) bond motifs is 3. The van der Waals surface area contributed by atoms with E-state index in [-0.39, 0.29) is 22.7 Å². The van der Waals surface area contributed by atoms with Crippen molar-refractivity contribution in [3.63, 3.8) is 0 Å². The van der Waals surface area contributed by atoms with Gasteiger partial charge in [-0.1, -0.05) is 63.0 Å². The fraction of sp³-hybridized carbons (Fsp3) is 0.483. The van der Waals surface area contributed by atoms with Crippen LogP contribution in [0.15, 0.2) is 47.6 Å². The molecule has 0 unspecified atom stereocenters. The lowest BCUT2D eigenvalue weighted by Gasteiger charge is -2.55. The molecule has 3 atom stereocenters. The maximum absolute atomic E-state index is 12.7. The van der Waals surface area contributed by atoms with Crippen molar-refractivity contribution in [2.24, 2.45) is 16.5 Å². The summed E-state index contributed by atoms with van der Waals surface area (Å²) in [7, 11) is 0. The van der Waals surface area contributed by atoms with E-state index in [1.54, 1.807) is 31.2 Å². The zero-order chi connectivity index (χ0) is 25.4. The van der Waals surface area contributed by atoms with Gasteiger partial charge >= 0.3 is 5.97 Å². The van der Waals surface area contributed by atoms with Gasteiger partial charge < -0.3 is 10.2 Å². The third-order valence-corrected chi connectivity index (χ3v) is 8.40. The topological polar surface area (TPSA) is 67.8 Å². The van der Waals surface area contributed by atoms with E-state index in [0.717, 1.165) is 30.5 Å². The van der Waals surface area contributed by atoms with E-state index in [9.17, 15) is 9.59 Å². The normalized spacial score (nSPS) is 26.7. The van der Waals surface area contributed by atoms with Gasteiger partial charge in [-0.2, -0.15) is 0 Å². The van der Waals surface area contributed by atoms with Gasteiger partial charge in [0.2, 0.25) is 5.91 Å². The second-order valence-corrected chi connectivity index (χ2v) is 11.4. The summed E-state index contributed by atoms with van der Waals surface area (Å²) in [6.07, 6.45) is 3.91. The van der Waals surface area contributed by atoms with Crippen LogP contribution in [0.25, 0.3) is 0 Å². The van der Waals surface area contributed by atoms with Crippen LogP contribution in [0.1, 0.15) is 93.3 Å². The monoisotopic (exact) mass is 494 g/mol. The average molecular weight is 495 g/mol. The smallest absolute Gasteiger partial charge is 0.356 e. The fourth-order valence-corrected chi connectivity index (χ4v) is 6.22. The molecule has 4 rings (SSSR count). The first-order chi connectivity index (χ1) is 16.5. The summed E-state index contributed by atoms with van der Waals surface area (Å²) in [6.45, 7) is 11.2. The Morgan fingerprint density at radius 1 is 1.14 bits per heavy atom. The predicted molar refractivity (Wildman–Crippen MR) is 140 cm³/mol. The molecule has 0 spiro atoms. The van der Waals surface area contributed by atoms with Crippen LogP contribution in [0.4, 0.5) is 0 Å². The molecule has 35 heavy (non-hydrogen) atoms. The number of nitrogens with one attached hydrogen (secondary N) is 1. The Morgan fingerprint density at radius 2 is 1.86 bits per heavy atom. The molecule has 0 aromatic heterocycles. The molecule has 0 bridgehead atoms. The first-order valence-electron chi connectivity index (χ1n) is 12.5. The molecule has 0 heterocycles. The largest absolute Gasteiger partial charge is 0.365 e. The number of benzene rings is 2. The molecule has 6 heteroatoms. The number of rotatable bonds is 5. The first kappa shape index (κ1) is 25.4. The Kier molecular flexibility index (Phi) is 7.10. The van der Waals surface area contributed by atoms with E-state index in [2.05, 4.69) is 56.4 Å². The zero-order valence-electron chi connectivity index (χ0n) is 21.3. The Hall–Kier alpha value is -2.66. The molecule has 5 nitrogen and oxygen atoms in total. The maximum Gasteiger partial charge on any atom is 0.365 e. The summed E-state index contributed by atoms with van der Waals surface area (Å²) >= 11 is 5.96. The highest BCUT2D eigenvalue weighted by molar-refractivity contribution is 6.30. The third kappa shape index (κ3) is 5.02. The van der Waals surface area contributed by atoms with Crippen molar-refractivity contribution in [3.05, 3.63) is 69.7 Å². The van der Waals surface area contributed by atoms with Crippen molar-refractivity contribution < 1.29 is 14.4 Å². The summed E-state index contributed by atoms with van der Waals surface area (Å²) in [5.41, 5.74) is 4.63. The van der Waals surface area contributed by atoms with Gasteiger partial charge in [-0.3, -0.25) is 4.79 Å². The van der Waals surface area contributed by atoms with Gasteiger partial charge in [-0.15, -0.1) is 0 Å². The summed E-state index contributed by atoms with van der Waals surface area (Å²) in [5, 5.41) is 8.08. The van der Waals surface area contributed by atoms with Gasteiger partial charge in [-0.25, -0.2) is 4.79 Å². The first-order valence-corrected chi connectivity index (χ1v) is 12.8. The van der Waals surface area contributed by atoms with Gasteiger partial charge in [0.1, 0.15) is 0 Å². The van der Waals surface area contributed by atoms with Gasteiger partial charge in [0.25, 0.3) is 0 Å². The number of hydrogen-bond acceptors (Lipinski definition) is 4. The maximum atomic E-state index is 12.7. The minimum Gasteiger partial charge on any atom is -0.356 e. The minimum absolute atomic E-state index is 0.0120. The Bertz CT molecular complexity index is 1160. The molecule has 0 saturated heterocycles. The number of halogens is 1. The Balaban J connectivity index is 1.75. The molecule has 186 valence electrons. The molecule has 0 aliphatic heterocycles. The van der Waals surface area contributed by atoms with E-state index in [1.165, 1.54) is 11.1 Å². The Morgan fingerprint density at radius 3 is 2.51 bits per heavy atom. The molecule has 2 aromatic carbocycles. The second kappa shape index (κ2) is 9.77. The number of oxime groups is 1. The third-order valence-electron chi connectivity index (χ3n) is 8.15. The second-order valence-electron chi connectivity index (χ2n) is 11.0. The lowest BCUT2D eigenvalue weighted by molar-refractivity contribution is -0.120. The standard InChI is InChI=1S/C29H35ClN2O3/c1-18(2)21-9-12-24-23(15-21)25(32-35-27(34)20-7-10-22(30)11-8-20)16-26-28(4,17-31-19(3)33)13-6-14-29(24,26)5/h7-12,15,18,26H,6,13-14,16-17H2,1-5H3,(H,31,33)/b32-25+/t26-,28-,29+/m0/s1. The van der Waals surface area contributed by atoms with Gasteiger partial charge in [0, 0.05) is 24.1 Å². The van der Waals surface area contributed by atoms with Gasteiger partial charge in [-0.05, 0) is 83.4 Å². The summed E-state index contributed by atoms with van der Waals surface area (Å²) < 4.78 is 0. The summed E-state index contributed by atoms with van der Waals surface area (Å²) in [5.74, 6) is 0.108. The van der Waals surface area contributed by atoms with Crippen LogP contribution in [0.3, 0.4) is 0 Å². The molecule has 2 aliphatic rings. The minimum atomic E-state index is -0.506. The molecular weight excluding hydrogens is 460 g/mol. The molecule has 1 amide bonds. The average Bonchev–Trinajstić information content (AvgIpc) is 2.82. The molecule has 1 N–H and O–H groups in total. The van der Waals surface area contributed by atoms with Crippen molar-refractivity contribution in [3.8, 4) is 0 Å². The van der Waals surface area contributed by atoms with E-state index in [4.69, 9.17) is 16.4 Å². The highest BCUT2D eigenvalue weighted by Crippen LogP contribution is 2.57. The van der Waals surface area contributed by atoms with Gasteiger partial charge in [0.05, 0.1) is 11.3 Å². The molecule has 1 fully saturated rings. The van der Waals surface area contributed by atoms with Crippen LogP contribution in [0, 0.1) is 11.3 Å². The fourth-order valence-electron chi connectivity index (χ4n) is 6.09. The van der Waals surface area contributed by atoms with Crippen molar-refractivity contribution in [1.29, 1.82) is 0 Å². The van der Waals surface area contributed by atoms with Crippen molar-refractivity contribution in [2.45, 2.75) is 71.6 Å². The van der Waals surface area contributed by atoms with Crippen molar-refractivity contribution >= 4 is 29.2 Å². The lowest BCUT2D eigenvalue weighted by atomic mass is 9.49. The molecule has 2 aromatic rings. The molecule has 2 aliphatic carbocycles. The zero-order valence-corrected chi connectivity index (χ0v) is 22.0. The quantitative estimate of drug-likeness (QED) is 0.374. The van der Waals surface area contributed by atoms with Crippen LogP contribution >= 0.6 is 11.6 Å². The number of amides is 1. The van der Waals surface area contributed by atoms with Crippen LogP contribution in [-0.4, -0.2) is 24.1 Å². The lowest BCUT2D eigenvalue weighted by Crippen LogP contribution is -2.54. The highest BCUT2D eigenvalue weighted by atomic mass is 35.5. The number of nitrogens with zero attached hydrogens (tertiary/aromatic N) is 1. The number of carbonyl (C=O) groups excluding carboxylic acids is 2. The van der Waals surface area contributed by atoms with Crippen LogP contribution < -0.4 is 5.32 Å². The predicted octanol–water partition coefficient (Wildman–Crippen LogP) is 6.63. The molecule has 1 saturated carbocycles. The highest BCUT2D eigenvalue weighted by Gasteiger charge is 2.53. The summed E-state index contributed by atoms with van der Waals surface area (Å²) in [4.78, 5) is 30.0. The molecular formula is C29H35ClN2O3. The Labute approximate surface area is 213 Å². The van der Waals surface area contributed by atoms with Gasteiger partial charge in [0.15, 0.2) is 0 Å². The van der Waals surface area contributed by atoms with Crippen LogP contribution in [-0.2, 0) is 15.0 Å². The van der Waals surface area contributed by atoms with E-state index >= 15 is 0 Å². The SMILES string of the molecule is CC(=O)NC[C@]1(C)CCC[C@]2(C)c3ccc(C(C)C)cc3/C(=N/OC(=O)c3ccc(Cl)cc3)C[C@@H]12. The molecule has 0 radical (unpaired) electrons. The summed E-state index contributed by atoms with van der Waals surface area (Å²) in [6, 6.07) is 13.3. The van der Waals surface area contributed by atoms with Crippen LogP contribution in [0.2, 0.25) is 5.02 Å². The van der Waals surface area contributed by atoms with Crippen molar-refractivity contribution in [2.75, 3.05) is 6.54 Å². The van der Waals surface area contributed by atoms with Crippen LogP contribution in [0.5, 0.6) is 0 Å². The van der Waals surface area contributed by atoms with E-state index in [1.807, 2.05) is 0 Å². The number of hydrogen-bond donors (Lipinski definition) is 1. The van der Waals surface area contributed by atoms with E-state index < -0.39 is 5.97 Å². The van der Waals surface area contributed by atoms with E-state index in [0.29, 0.717) is 29.5 Å². The van der Waals surface area contributed by atoms with Crippen molar-refractivity contribution in [1.82, 2.24) is 5.32 Å². The number of carbonyl (C=O) groups is 2.